The van der Waals surface area contributed by atoms with Gasteiger partial charge in [0.1, 0.15) is 0 Å². The van der Waals surface area contributed by atoms with Crippen LogP contribution in [0.1, 0.15) is 11.1 Å². The van der Waals surface area contributed by atoms with Crippen molar-refractivity contribution in [3.05, 3.63) is 100 Å². The second-order valence-corrected chi connectivity index (χ2v) is 6.89. The molecule has 7 heteroatoms. The summed E-state index contributed by atoms with van der Waals surface area (Å²) in [5.74, 6) is 0.562. The summed E-state index contributed by atoms with van der Waals surface area (Å²) < 4.78 is 0. The van der Waals surface area contributed by atoms with Crippen molar-refractivity contribution in [1.82, 2.24) is 4.98 Å². The Bertz CT molecular complexity index is 972. The summed E-state index contributed by atoms with van der Waals surface area (Å²) in [4.78, 5) is 27.4. The maximum atomic E-state index is 12.0. The molecule has 140 valence electrons. The molecular weight excluding hydrogens is 374 g/mol. The molecule has 0 bridgehead atoms. The van der Waals surface area contributed by atoms with E-state index in [1.807, 2.05) is 42.6 Å². The van der Waals surface area contributed by atoms with Crippen molar-refractivity contribution < 1.29 is 9.72 Å². The third-order valence-corrected chi connectivity index (χ3v) is 4.86. The molecule has 28 heavy (non-hydrogen) atoms. The quantitative estimate of drug-likeness (QED) is 0.267. The number of carbonyl (C=O) groups excluding carboxylic acids is 1. The molecule has 0 fully saturated rings. The Morgan fingerprint density at radius 2 is 1.86 bits per heavy atom. The van der Waals surface area contributed by atoms with Crippen LogP contribution in [0.25, 0.3) is 6.08 Å². The number of non-ortho nitro benzene ring substituents is 1. The van der Waals surface area contributed by atoms with Gasteiger partial charge in [-0.05, 0) is 59.7 Å². The fourth-order valence-electron chi connectivity index (χ4n) is 2.35. The van der Waals surface area contributed by atoms with Gasteiger partial charge >= 0.3 is 0 Å². The van der Waals surface area contributed by atoms with Gasteiger partial charge in [-0.2, -0.15) is 0 Å². The highest BCUT2D eigenvalue weighted by Gasteiger charge is 2.03. The average Bonchev–Trinajstić information content (AvgIpc) is 2.73. The number of nitro benzene ring substituents is 1. The van der Waals surface area contributed by atoms with Crippen LogP contribution in [-0.4, -0.2) is 15.8 Å². The van der Waals surface area contributed by atoms with Crippen LogP contribution < -0.4 is 5.32 Å². The highest BCUT2D eigenvalue weighted by Crippen LogP contribution is 2.24. The molecule has 0 aliphatic rings. The zero-order chi connectivity index (χ0) is 19.8. The van der Waals surface area contributed by atoms with E-state index in [0.29, 0.717) is 11.3 Å². The molecule has 1 amide bonds. The van der Waals surface area contributed by atoms with Crippen LogP contribution >= 0.6 is 11.8 Å². The van der Waals surface area contributed by atoms with Gasteiger partial charge in [-0.3, -0.25) is 19.9 Å². The lowest BCUT2D eigenvalue weighted by atomic mass is 10.2. The zero-order valence-electron chi connectivity index (χ0n) is 14.8. The van der Waals surface area contributed by atoms with Crippen molar-refractivity contribution in [3.8, 4) is 0 Å². The molecule has 3 rings (SSSR count). The Hall–Kier alpha value is -3.45. The molecule has 0 atom stereocenters. The molecule has 1 N–H and O–H groups in total. The minimum absolute atomic E-state index is 0.0167. The van der Waals surface area contributed by atoms with Gasteiger partial charge in [0.15, 0.2) is 0 Å². The maximum Gasteiger partial charge on any atom is 0.269 e. The SMILES string of the molecule is O=C(/C=C/c1ccc([N+](=O)[O-])cc1)Nc1ccc(SCc2cccnc2)cc1. The van der Waals surface area contributed by atoms with Gasteiger partial charge in [-0.15, -0.1) is 11.8 Å². The van der Waals surface area contributed by atoms with E-state index < -0.39 is 4.92 Å². The third kappa shape index (κ3) is 5.78. The zero-order valence-corrected chi connectivity index (χ0v) is 15.6. The molecule has 0 saturated heterocycles. The van der Waals surface area contributed by atoms with Crippen LogP contribution in [0.15, 0.2) is 84.0 Å². The molecule has 0 saturated carbocycles. The Kier molecular flexibility index (Phi) is 6.54. The number of pyridine rings is 1. The van der Waals surface area contributed by atoms with E-state index in [1.54, 1.807) is 36.2 Å². The fourth-order valence-corrected chi connectivity index (χ4v) is 3.18. The van der Waals surface area contributed by atoms with Crippen LogP contribution in [0.3, 0.4) is 0 Å². The van der Waals surface area contributed by atoms with Crippen LogP contribution in [0, 0.1) is 10.1 Å². The van der Waals surface area contributed by atoms with Gasteiger partial charge in [0.2, 0.25) is 5.91 Å². The van der Waals surface area contributed by atoms with E-state index in [2.05, 4.69) is 10.3 Å². The van der Waals surface area contributed by atoms with Crippen molar-refractivity contribution in [2.75, 3.05) is 5.32 Å². The van der Waals surface area contributed by atoms with Gasteiger partial charge in [-0.1, -0.05) is 6.07 Å². The average molecular weight is 391 g/mol. The molecule has 3 aromatic rings. The largest absolute Gasteiger partial charge is 0.323 e. The maximum absolute atomic E-state index is 12.0. The molecule has 1 heterocycles. The number of nitro groups is 1. The summed E-state index contributed by atoms with van der Waals surface area (Å²) in [7, 11) is 0. The first-order valence-electron chi connectivity index (χ1n) is 8.45. The second kappa shape index (κ2) is 9.48. The van der Waals surface area contributed by atoms with E-state index >= 15 is 0 Å². The van der Waals surface area contributed by atoms with Crippen molar-refractivity contribution in [1.29, 1.82) is 0 Å². The highest BCUT2D eigenvalue weighted by molar-refractivity contribution is 7.98. The molecule has 6 nitrogen and oxygen atoms in total. The summed E-state index contributed by atoms with van der Waals surface area (Å²) >= 11 is 1.70. The van der Waals surface area contributed by atoms with Crippen molar-refractivity contribution in [3.63, 3.8) is 0 Å². The Morgan fingerprint density at radius 3 is 2.50 bits per heavy atom. The minimum Gasteiger partial charge on any atom is -0.323 e. The number of carbonyl (C=O) groups is 1. The predicted molar refractivity (Wildman–Crippen MR) is 111 cm³/mol. The van der Waals surface area contributed by atoms with Gasteiger partial charge in [-0.25, -0.2) is 0 Å². The Balaban J connectivity index is 1.51. The van der Waals surface area contributed by atoms with E-state index in [1.165, 1.54) is 18.2 Å². The Labute approximate surface area is 166 Å². The Morgan fingerprint density at radius 1 is 1.11 bits per heavy atom. The molecule has 2 aromatic carbocycles. The molecule has 0 unspecified atom stereocenters. The molecule has 0 radical (unpaired) electrons. The predicted octanol–water partition coefficient (Wildman–Crippen LogP) is 4.93. The highest BCUT2D eigenvalue weighted by atomic mass is 32.2. The molecule has 0 aliphatic heterocycles. The van der Waals surface area contributed by atoms with Crippen LogP contribution in [0.5, 0.6) is 0 Å². The number of hydrogen-bond donors (Lipinski definition) is 1. The standard InChI is InChI=1S/C21H17N3O3S/c25-21(12-5-16-3-8-19(9-4-16)24(26)27)23-18-6-10-20(11-7-18)28-15-17-2-1-13-22-14-17/h1-14H,15H2,(H,23,25)/b12-5+. The third-order valence-electron chi connectivity index (χ3n) is 3.78. The first-order valence-corrected chi connectivity index (χ1v) is 9.44. The number of anilines is 1. The van der Waals surface area contributed by atoms with Crippen LogP contribution in [0.4, 0.5) is 11.4 Å². The number of nitrogens with one attached hydrogen (secondary N) is 1. The van der Waals surface area contributed by atoms with E-state index in [9.17, 15) is 14.9 Å². The number of benzene rings is 2. The lowest BCUT2D eigenvalue weighted by molar-refractivity contribution is -0.384. The number of aromatic nitrogens is 1. The smallest absolute Gasteiger partial charge is 0.269 e. The van der Waals surface area contributed by atoms with Crippen LogP contribution in [-0.2, 0) is 10.5 Å². The number of hydrogen-bond acceptors (Lipinski definition) is 5. The van der Waals surface area contributed by atoms with Crippen molar-refractivity contribution >= 4 is 35.1 Å². The molecular formula is C21H17N3O3S. The summed E-state index contributed by atoms with van der Waals surface area (Å²) in [5.41, 5.74) is 2.58. The van der Waals surface area contributed by atoms with Crippen molar-refractivity contribution in [2.24, 2.45) is 0 Å². The van der Waals surface area contributed by atoms with Gasteiger partial charge in [0.25, 0.3) is 5.69 Å². The number of thioether (sulfide) groups is 1. The summed E-state index contributed by atoms with van der Waals surface area (Å²) in [6, 6.07) is 17.6. The van der Waals surface area contributed by atoms with Gasteiger partial charge in [0.05, 0.1) is 4.92 Å². The molecule has 0 aliphatic carbocycles. The van der Waals surface area contributed by atoms with Crippen LogP contribution in [0.2, 0.25) is 0 Å². The number of rotatable bonds is 7. The summed E-state index contributed by atoms with van der Waals surface area (Å²) in [6.07, 6.45) is 6.60. The van der Waals surface area contributed by atoms with Crippen molar-refractivity contribution in [2.45, 2.75) is 10.6 Å². The number of nitrogens with zero attached hydrogens (tertiary/aromatic N) is 2. The van der Waals surface area contributed by atoms with Gasteiger partial charge < -0.3 is 5.32 Å². The topological polar surface area (TPSA) is 85.1 Å². The number of amides is 1. The summed E-state index contributed by atoms with van der Waals surface area (Å²) in [5, 5.41) is 13.4. The second-order valence-electron chi connectivity index (χ2n) is 5.85. The molecule has 0 spiro atoms. The minimum atomic E-state index is -0.459. The fraction of sp³-hybridized carbons (Fsp3) is 0.0476. The normalized spacial score (nSPS) is 10.7. The van der Waals surface area contributed by atoms with E-state index in [-0.39, 0.29) is 11.6 Å². The molecule has 1 aromatic heterocycles. The van der Waals surface area contributed by atoms with E-state index in [0.717, 1.165) is 16.2 Å². The lowest BCUT2D eigenvalue weighted by Crippen LogP contribution is -2.07. The first-order chi connectivity index (χ1) is 13.6. The summed E-state index contributed by atoms with van der Waals surface area (Å²) in [6.45, 7) is 0. The van der Waals surface area contributed by atoms with Gasteiger partial charge in [0, 0.05) is 46.9 Å². The monoisotopic (exact) mass is 391 g/mol. The lowest BCUT2D eigenvalue weighted by Gasteiger charge is -2.05. The first kappa shape index (κ1) is 19.3. The van der Waals surface area contributed by atoms with E-state index in [4.69, 9.17) is 0 Å².